The van der Waals surface area contributed by atoms with Crippen LogP contribution in [0.25, 0.3) is 0 Å². The summed E-state index contributed by atoms with van der Waals surface area (Å²) < 4.78 is 4.67. The minimum absolute atomic E-state index is 0.00410. The second-order valence-corrected chi connectivity index (χ2v) is 4.88. The number of aromatic nitrogens is 2. The van der Waals surface area contributed by atoms with Crippen LogP contribution >= 0.6 is 11.6 Å². The van der Waals surface area contributed by atoms with Gasteiger partial charge in [0, 0.05) is 17.4 Å². The maximum absolute atomic E-state index is 12.2. The van der Waals surface area contributed by atoms with Gasteiger partial charge in [0.05, 0.1) is 25.8 Å². The van der Waals surface area contributed by atoms with E-state index < -0.39 is 17.9 Å². The van der Waals surface area contributed by atoms with Gasteiger partial charge in [-0.05, 0) is 17.7 Å². The highest BCUT2D eigenvalue weighted by Crippen LogP contribution is 2.20. The molecule has 1 amide bonds. The summed E-state index contributed by atoms with van der Waals surface area (Å²) >= 11 is 5.85. The van der Waals surface area contributed by atoms with E-state index in [-0.39, 0.29) is 12.1 Å². The van der Waals surface area contributed by atoms with E-state index in [1.54, 1.807) is 24.3 Å². The largest absolute Gasteiger partial charge is 0.469 e. The second kappa shape index (κ2) is 7.51. The lowest BCUT2D eigenvalue weighted by Crippen LogP contribution is -2.31. The van der Waals surface area contributed by atoms with Crippen molar-refractivity contribution in [2.75, 3.05) is 7.11 Å². The van der Waals surface area contributed by atoms with E-state index in [4.69, 9.17) is 11.6 Å². The highest BCUT2D eigenvalue weighted by atomic mass is 35.5. The van der Waals surface area contributed by atoms with E-state index >= 15 is 0 Å². The molecule has 0 aliphatic carbocycles. The van der Waals surface area contributed by atoms with Crippen molar-refractivity contribution in [1.82, 2.24) is 15.3 Å². The molecule has 1 unspecified atom stereocenters. The minimum Gasteiger partial charge on any atom is -0.469 e. The number of nitrogens with one attached hydrogen (secondary N) is 1. The molecule has 0 fully saturated rings. The topological polar surface area (TPSA) is 81.2 Å². The van der Waals surface area contributed by atoms with Crippen LogP contribution in [0.15, 0.2) is 42.9 Å². The van der Waals surface area contributed by atoms with E-state index in [0.29, 0.717) is 5.02 Å². The first kappa shape index (κ1) is 15.9. The predicted octanol–water partition coefficient (Wildman–Crippen LogP) is 2.16. The van der Waals surface area contributed by atoms with Gasteiger partial charge in [0.15, 0.2) is 0 Å². The van der Waals surface area contributed by atoms with Crippen LogP contribution in [0.4, 0.5) is 0 Å². The average Bonchev–Trinajstić information content (AvgIpc) is 2.55. The molecule has 0 saturated heterocycles. The number of carbonyl (C=O) groups is 2. The van der Waals surface area contributed by atoms with Gasteiger partial charge in [-0.3, -0.25) is 14.6 Å². The molecule has 2 aromatic rings. The first-order chi connectivity index (χ1) is 10.6. The lowest BCUT2D eigenvalue weighted by atomic mass is 10.0. The van der Waals surface area contributed by atoms with Crippen molar-refractivity contribution >= 4 is 23.5 Å². The Balaban J connectivity index is 2.19. The van der Waals surface area contributed by atoms with Gasteiger partial charge in [-0.2, -0.15) is 0 Å². The Bertz CT molecular complexity index is 647. The fourth-order valence-electron chi connectivity index (χ4n) is 1.85. The van der Waals surface area contributed by atoms with E-state index in [9.17, 15) is 9.59 Å². The average molecular weight is 320 g/mol. The summed E-state index contributed by atoms with van der Waals surface area (Å²) in [5, 5.41) is 3.32. The number of amides is 1. The van der Waals surface area contributed by atoms with Crippen molar-refractivity contribution in [2.24, 2.45) is 0 Å². The second-order valence-electron chi connectivity index (χ2n) is 4.45. The quantitative estimate of drug-likeness (QED) is 0.854. The molecule has 0 aliphatic rings. The Morgan fingerprint density at radius 1 is 1.27 bits per heavy atom. The maximum Gasteiger partial charge on any atom is 0.307 e. The normalized spacial score (nSPS) is 11.5. The maximum atomic E-state index is 12.2. The molecule has 1 N–H and O–H groups in total. The molecule has 2 rings (SSSR count). The Hall–Kier alpha value is -2.47. The van der Waals surface area contributed by atoms with Crippen molar-refractivity contribution in [2.45, 2.75) is 12.5 Å². The zero-order valence-corrected chi connectivity index (χ0v) is 12.6. The molecule has 0 saturated carbocycles. The molecular formula is C15H14ClN3O3. The summed E-state index contributed by atoms with van der Waals surface area (Å²) in [4.78, 5) is 31.5. The number of rotatable bonds is 5. The van der Waals surface area contributed by atoms with Gasteiger partial charge < -0.3 is 10.1 Å². The van der Waals surface area contributed by atoms with Crippen LogP contribution in [0.3, 0.4) is 0 Å². The number of methoxy groups -OCH3 is 1. The molecule has 1 aromatic carbocycles. The van der Waals surface area contributed by atoms with Gasteiger partial charge in [-0.25, -0.2) is 4.98 Å². The molecule has 1 aromatic heterocycles. The SMILES string of the molecule is COC(=O)CC(NC(=O)c1cnccn1)c1ccc(Cl)cc1. The first-order valence-corrected chi connectivity index (χ1v) is 6.87. The highest BCUT2D eigenvalue weighted by Gasteiger charge is 2.20. The molecular weight excluding hydrogens is 306 g/mol. The van der Waals surface area contributed by atoms with Crippen LogP contribution in [-0.4, -0.2) is 29.0 Å². The molecule has 0 radical (unpaired) electrons. The van der Waals surface area contributed by atoms with E-state index in [2.05, 4.69) is 20.0 Å². The van der Waals surface area contributed by atoms with Crippen LogP contribution in [-0.2, 0) is 9.53 Å². The number of halogens is 1. The highest BCUT2D eigenvalue weighted by molar-refractivity contribution is 6.30. The van der Waals surface area contributed by atoms with Gasteiger partial charge in [0.1, 0.15) is 5.69 Å². The van der Waals surface area contributed by atoms with Crippen molar-refractivity contribution in [3.63, 3.8) is 0 Å². The van der Waals surface area contributed by atoms with Crippen LogP contribution in [0, 0.1) is 0 Å². The zero-order chi connectivity index (χ0) is 15.9. The third-order valence-electron chi connectivity index (χ3n) is 2.97. The van der Waals surface area contributed by atoms with Gasteiger partial charge in [0.25, 0.3) is 5.91 Å². The zero-order valence-electron chi connectivity index (χ0n) is 11.8. The lowest BCUT2D eigenvalue weighted by molar-refractivity contribution is -0.141. The number of ether oxygens (including phenoxy) is 1. The standard InChI is InChI=1S/C15H14ClN3O3/c1-22-14(20)8-12(10-2-4-11(16)5-3-10)19-15(21)13-9-17-6-7-18-13/h2-7,9,12H,8H2,1H3,(H,19,21). The summed E-state index contributed by atoms with van der Waals surface area (Å²) in [6.45, 7) is 0. The first-order valence-electron chi connectivity index (χ1n) is 6.49. The monoisotopic (exact) mass is 319 g/mol. The predicted molar refractivity (Wildman–Crippen MR) is 80.3 cm³/mol. The smallest absolute Gasteiger partial charge is 0.307 e. The molecule has 1 atom stereocenters. The summed E-state index contributed by atoms with van der Waals surface area (Å²) in [6, 6.07) is 6.32. The number of hydrogen-bond acceptors (Lipinski definition) is 5. The fraction of sp³-hybridized carbons (Fsp3) is 0.200. The Kier molecular flexibility index (Phi) is 5.43. The van der Waals surface area contributed by atoms with Gasteiger partial charge in [0.2, 0.25) is 0 Å². The van der Waals surface area contributed by atoms with E-state index in [1.165, 1.54) is 25.7 Å². The molecule has 22 heavy (non-hydrogen) atoms. The van der Waals surface area contributed by atoms with E-state index in [0.717, 1.165) is 5.56 Å². The molecule has 0 spiro atoms. The summed E-state index contributed by atoms with van der Waals surface area (Å²) in [5.74, 6) is -0.851. The van der Waals surface area contributed by atoms with Crippen molar-refractivity contribution in [3.8, 4) is 0 Å². The van der Waals surface area contributed by atoms with Crippen LogP contribution in [0.1, 0.15) is 28.5 Å². The van der Waals surface area contributed by atoms with Gasteiger partial charge in [-0.15, -0.1) is 0 Å². The Morgan fingerprint density at radius 2 is 2.00 bits per heavy atom. The number of esters is 1. The molecule has 0 aliphatic heterocycles. The molecule has 6 nitrogen and oxygen atoms in total. The Labute approximate surface area is 132 Å². The third-order valence-corrected chi connectivity index (χ3v) is 3.22. The lowest BCUT2D eigenvalue weighted by Gasteiger charge is -2.18. The minimum atomic E-state index is -0.542. The third kappa shape index (κ3) is 4.26. The van der Waals surface area contributed by atoms with Crippen LogP contribution in [0.5, 0.6) is 0 Å². The van der Waals surface area contributed by atoms with Crippen molar-refractivity contribution in [3.05, 3.63) is 59.1 Å². The molecule has 1 heterocycles. The summed E-state index contributed by atoms with van der Waals surface area (Å²) in [6.07, 6.45) is 4.25. The fourth-order valence-corrected chi connectivity index (χ4v) is 1.97. The number of hydrogen-bond donors (Lipinski definition) is 1. The van der Waals surface area contributed by atoms with Crippen LogP contribution < -0.4 is 5.32 Å². The summed E-state index contributed by atoms with van der Waals surface area (Å²) in [5.41, 5.74) is 0.915. The van der Waals surface area contributed by atoms with Crippen molar-refractivity contribution < 1.29 is 14.3 Å². The van der Waals surface area contributed by atoms with Gasteiger partial charge in [-0.1, -0.05) is 23.7 Å². The van der Waals surface area contributed by atoms with Crippen molar-refractivity contribution in [1.29, 1.82) is 0 Å². The van der Waals surface area contributed by atoms with Gasteiger partial charge >= 0.3 is 5.97 Å². The molecule has 114 valence electrons. The van der Waals surface area contributed by atoms with Crippen LogP contribution in [0.2, 0.25) is 5.02 Å². The molecule has 0 bridgehead atoms. The number of benzene rings is 1. The number of carbonyl (C=O) groups excluding carboxylic acids is 2. The van der Waals surface area contributed by atoms with E-state index in [1.807, 2.05) is 0 Å². The Morgan fingerprint density at radius 3 is 2.59 bits per heavy atom. The molecule has 7 heteroatoms. The number of nitrogens with zero attached hydrogens (tertiary/aromatic N) is 2. The summed E-state index contributed by atoms with van der Waals surface area (Å²) in [7, 11) is 1.30.